The largest absolute Gasteiger partial charge is 0.472 e. The summed E-state index contributed by atoms with van der Waals surface area (Å²) in [5.41, 5.74) is 0. The highest BCUT2D eigenvalue weighted by atomic mass is 31.2. The zero-order chi connectivity index (χ0) is 45.3. The first kappa shape index (κ1) is 61.0. The molecule has 62 heavy (non-hydrogen) atoms. The number of carbonyl (C=O) groups excluding carboxylic acids is 2. The number of unbranched alkanes of at least 4 members (excludes halogenated alkanes) is 38. The normalized spacial score (nSPS) is 13.0. The number of phosphoric ester groups is 1. The molecule has 0 radical (unpaired) electrons. The van der Waals surface area contributed by atoms with Crippen molar-refractivity contribution in [3.63, 3.8) is 0 Å². The van der Waals surface area contributed by atoms with Crippen LogP contribution in [0.15, 0.2) is 0 Å². The molecule has 10 heteroatoms. The molecule has 0 fully saturated rings. The van der Waals surface area contributed by atoms with Crippen LogP contribution in [0.5, 0.6) is 0 Å². The van der Waals surface area contributed by atoms with Crippen LogP contribution in [0.4, 0.5) is 0 Å². The number of esters is 2. The zero-order valence-corrected chi connectivity index (χ0v) is 42.3. The van der Waals surface area contributed by atoms with Crippen LogP contribution in [-0.2, 0) is 32.7 Å². The number of phosphoric acid groups is 1. The van der Waals surface area contributed by atoms with Gasteiger partial charge in [-0.15, -0.1) is 0 Å². The van der Waals surface area contributed by atoms with E-state index in [-0.39, 0.29) is 25.6 Å². The molecule has 0 saturated heterocycles. The van der Waals surface area contributed by atoms with Gasteiger partial charge in [-0.2, -0.15) is 0 Å². The highest BCUT2D eigenvalue weighted by Crippen LogP contribution is 2.43. The molecule has 0 aliphatic heterocycles. The Morgan fingerprint density at radius 1 is 0.435 bits per heavy atom. The molecule has 0 aliphatic rings. The fourth-order valence-electron chi connectivity index (χ4n) is 8.15. The second-order valence-electron chi connectivity index (χ2n) is 18.4. The van der Waals surface area contributed by atoms with E-state index in [1.807, 2.05) is 0 Å². The minimum Gasteiger partial charge on any atom is -0.462 e. The maximum atomic E-state index is 12.7. The molecule has 0 saturated carbocycles. The average molecular weight is 902 g/mol. The molecule has 0 rings (SSSR count). The Morgan fingerprint density at radius 2 is 0.726 bits per heavy atom. The fourth-order valence-corrected chi connectivity index (χ4v) is 8.90. The number of likely N-dealkylation sites (N-methyl/N-ethyl adjacent to an activating group) is 1. The van der Waals surface area contributed by atoms with Gasteiger partial charge in [-0.3, -0.25) is 18.6 Å². The van der Waals surface area contributed by atoms with Gasteiger partial charge < -0.3 is 19.7 Å². The molecule has 0 spiro atoms. The van der Waals surface area contributed by atoms with E-state index in [1.54, 1.807) is 7.05 Å². The monoisotopic (exact) mass is 902 g/mol. The van der Waals surface area contributed by atoms with Crippen molar-refractivity contribution in [2.24, 2.45) is 0 Å². The van der Waals surface area contributed by atoms with Crippen LogP contribution in [-0.4, -0.2) is 56.3 Å². The molecule has 2 N–H and O–H groups in total. The second kappa shape index (κ2) is 49.4. The molecular formula is C52H104NO8P. The van der Waals surface area contributed by atoms with Gasteiger partial charge in [-0.1, -0.05) is 258 Å². The molecule has 0 heterocycles. The summed E-state index contributed by atoms with van der Waals surface area (Å²) >= 11 is 0. The van der Waals surface area contributed by atoms with Gasteiger partial charge in [-0.25, -0.2) is 4.57 Å². The molecule has 0 bridgehead atoms. The smallest absolute Gasteiger partial charge is 0.462 e. The van der Waals surface area contributed by atoms with Gasteiger partial charge in [0.15, 0.2) is 6.10 Å². The Kier molecular flexibility index (Phi) is 48.7. The van der Waals surface area contributed by atoms with E-state index >= 15 is 0 Å². The molecule has 370 valence electrons. The minimum atomic E-state index is -4.35. The predicted octanol–water partition coefficient (Wildman–Crippen LogP) is 16.2. The molecule has 0 aromatic rings. The Balaban J connectivity index is 4.02. The van der Waals surface area contributed by atoms with E-state index < -0.39 is 26.5 Å². The van der Waals surface area contributed by atoms with E-state index in [0.29, 0.717) is 13.0 Å². The van der Waals surface area contributed by atoms with E-state index in [1.165, 1.54) is 218 Å². The van der Waals surface area contributed by atoms with Crippen molar-refractivity contribution >= 4 is 19.8 Å². The third-order valence-corrected chi connectivity index (χ3v) is 13.2. The summed E-state index contributed by atoms with van der Waals surface area (Å²) < 4.78 is 33.4. The highest BCUT2D eigenvalue weighted by molar-refractivity contribution is 7.47. The first-order valence-electron chi connectivity index (χ1n) is 27.0. The lowest BCUT2D eigenvalue weighted by atomic mass is 10.0. The number of hydrogen-bond acceptors (Lipinski definition) is 8. The summed E-state index contributed by atoms with van der Waals surface area (Å²) in [4.78, 5) is 35.3. The van der Waals surface area contributed by atoms with E-state index in [9.17, 15) is 19.0 Å². The number of nitrogens with one attached hydrogen (secondary N) is 1. The molecule has 0 aromatic heterocycles. The minimum absolute atomic E-state index is 0.0113. The molecule has 2 unspecified atom stereocenters. The van der Waals surface area contributed by atoms with Gasteiger partial charge in [0.1, 0.15) is 6.61 Å². The van der Waals surface area contributed by atoms with Crippen LogP contribution >= 0.6 is 7.82 Å². The number of hydrogen-bond donors (Lipinski definition) is 2. The summed E-state index contributed by atoms with van der Waals surface area (Å²) in [5.74, 6) is -0.782. The molecule has 9 nitrogen and oxygen atoms in total. The van der Waals surface area contributed by atoms with Crippen LogP contribution in [0.2, 0.25) is 0 Å². The van der Waals surface area contributed by atoms with Crippen molar-refractivity contribution in [1.29, 1.82) is 0 Å². The third-order valence-electron chi connectivity index (χ3n) is 12.2. The lowest BCUT2D eigenvalue weighted by Crippen LogP contribution is -2.29. The molecular weight excluding hydrogens is 798 g/mol. The maximum absolute atomic E-state index is 12.7. The quantitative estimate of drug-likeness (QED) is 0.0349. The number of ether oxygens (including phenoxy) is 2. The first-order valence-corrected chi connectivity index (χ1v) is 28.5. The van der Waals surface area contributed by atoms with Gasteiger partial charge in [-0.05, 0) is 19.9 Å². The van der Waals surface area contributed by atoms with Crippen molar-refractivity contribution in [1.82, 2.24) is 5.32 Å². The van der Waals surface area contributed by atoms with Crippen molar-refractivity contribution in [3.05, 3.63) is 0 Å². The first-order chi connectivity index (χ1) is 30.3. The highest BCUT2D eigenvalue weighted by Gasteiger charge is 2.26. The number of rotatable bonds is 52. The standard InChI is InChI=1S/C52H104NO8P/c1-4-6-8-10-12-14-16-18-20-22-24-25-27-29-31-33-35-37-39-41-43-45-52(55)61-50(49-60-62(56,57)59-47-46-53-3)48-58-51(54)44-42-40-38-36-34-32-30-28-26-23-21-19-17-15-13-11-9-7-5-2/h50,53H,4-49H2,1-3H3,(H,56,57). The maximum Gasteiger partial charge on any atom is 0.472 e. The lowest BCUT2D eigenvalue weighted by Gasteiger charge is -2.20. The zero-order valence-electron chi connectivity index (χ0n) is 41.4. The Labute approximate surface area is 384 Å². The molecule has 0 amide bonds. The van der Waals surface area contributed by atoms with Crippen molar-refractivity contribution in [3.8, 4) is 0 Å². The summed E-state index contributed by atoms with van der Waals surface area (Å²) in [7, 11) is -2.64. The molecule has 0 aliphatic carbocycles. The van der Waals surface area contributed by atoms with Crippen LogP contribution in [0.25, 0.3) is 0 Å². The van der Waals surface area contributed by atoms with Crippen LogP contribution in [0, 0.1) is 0 Å². The summed E-state index contributed by atoms with van der Waals surface area (Å²) in [5, 5.41) is 2.84. The van der Waals surface area contributed by atoms with Gasteiger partial charge in [0.25, 0.3) is 0 Å². The van der Waals surface area contributed by atoms with E-state index in [4.69, 9.17) is 18.5 Å². The SMILES string of the molecule is CCCCCCCCCCCCCCCCCCCCCCCC(=O)OC(COC(=O)CCCCCCCCCCCCCCCCCCCCC)COP(=O)(O)OCCNC. The predicted molar refractivity (Wildman–Crippen MR) is 262 cm³/mol. The van der Waals surface area contributed by atoms with Crippen LogP contribution in [0.3, 0.4) is 0 Å². The average Bonchev–Trinajstić information content (AvgIpc) is 3.26. The molecule has 2 atom stereocenters. The van der Waals surface area contributed by atoms with E-state index in [2.05, 4.69) is 19.2 Å². The fraction of sp³-hybridized carbons (Fsp3) is 0.962. The van der Waals surface area contributed by atoms with Crippen LogP contribution in [0.1, 0.15) is 284 Å². The van der Waals surface area contributed by atoms with Gasteiger partial charge in [0, 0.05) is 19.4 Å². The van der Waals surface area contributed by atoms with Crippen molar-refractivity contribution in [2.45, 2.75) is 290 Å². The lowest BCUT2D eigenvalue weighted by molar-refractivity contribution is -0.161. The Bertz CT molecular complexity index is 984. The molecule has 0 aromatic carbocycles. The van der Waals surface area contributed by atoms with Crippen LogP contribution < -0.4 is 5.32 Å². The van der Waals surface area contributed by atoms with Gasteiger partial charge >= 0.3 is 19.8 Å². The summed E-state index contributed by atoms with van der Waals surface area (Å²) in [6.07, 6.45) is 51.6. The topological polar surface area (TPSA) is 120 Å². The Morgan fingerprint density at radius 3 is 1.03 bits per heavy atom. The van der Waals surface area contributed by atoms with Gasteiger partial charge in [0.05, 0.1) is 13.2 Å². The van der Waals surface area contributed by atoms with Crippen molar-refractivity contribution < 1.29 is 37.6 Å². The number of carbonyl (C=O) groups is 2. The third kappa shape index (κ3) is 48.5. The van der Waals surface area contributed by atoms with E-state index in [0.717, 1.165) is 38.5 Å². The second-order valence-corrected chi connectivity index (χ2v) is 19.9. The van der Waals surface area contributed by atoms with Gasteiger partial charge in [0.2, 0.25) is 0 Å². The summed E-state index contributed by atoms with van der Waals surface area (Å²) in [6, 6.07) is 0. The summed E-state index contributed by atoms with van der Waals surface area (Å²) in [6.45, 7) is 4.31. The Hall–Kier alpha value is -0.990. The van der Waals surface area contributed by atoms with Crippen molar-refractivity contribution in [2.75, 3.05) is 33.4 Å².